The zero-order valence-electron chi connectivity index (χ0n) is 8.91. The Kier molecular flexibility index (Phi) is 3.63. The van der Waals surface area contributed by atoms with Crippen LogP contribution < -0.4 is 5.32 Å². The zero-order chi connectivity index (χ0) is 10.2. The normalized spacial score (nSPS) is 39.1. The summed E-state index contributed by atoms with van der Waals surface area (Å²) in [5, 5.41) is 13.2. The summed E-state index contributed by atoms with van der Waals surface area (Å²) >= 11 is 0. The highest BCUT2D eigenvalue weighted by Crippen LogP contribution is 2.52. The molecule has 2 N–H and O–H groups in total. The molecule has 4 nitrogen and oxygen atoms in total. The van der Waals surface area contributed by atoms with E-state index in [0.29, 0.717) is 12.8 Å². The maximum Gasteiger partial charge on any atom is 0.337 e. The van der Waals surface area contributed by atoms with Gasteiger partial charge in [0.15, 0.2) is 5.60 Å². The van der Waals surface area contributed by atoms with Gasteiger partial charge in [-0.05, 0) is 37.6 Å². The third-order valence-corrected chi connectivity index (χ3v) is 3.46. The van der Waals surface area contributed by atoms with Crippen molar-refractivity contribution in [3.63, 3.8) is 0 Å². The van der Waals surface area contributed by atoms with E-state index >= 15 is 0 Å². The molecule has 1 spiro atoms. The van der Waals surface area contributed by atoms with Crippen molar-refractivity contribution < 1.29 is 14.6 Å². The number of rotatable bonds is 1. The summed E-state index contributed by atoms with van der Waals surface area (Å²) in [6.07, 6.45) is 3.36. The number of ether oxygens (including phenoxy) is 1. The first kappa shape index (κ1) is 12.7. The van der Waals surface area contributed by atoms with Crippen molar-refractivity contribution in [1.29, 1.82) is 0 Å². The number of halogens is 1. The molecule has 88 valence electrons. The van der Waals surface area contributed by atoms with Crippen molar-refractivity contribution in [3.8, 4) is 0 Å². The number of aliphatic hydroxyl groups is 1. The van der Waals surface area contributed by atoms with E-state index in [1.54, 1.807) is 0 Å². The Morgan fingerprint density at radius 2 is 2.13 bits per heavy atom. The van der Waals surface area contributed by atoms with Gasteiger partial charge >= 0.3 is 5.97 Å². The highest BCUT2D eigenvalue weighted by atomic mass is 35.5. The van der Waals surface area contributed by atoms with Crippen LogP contribution in [-0.4, -0.2) is 36.9 Å². The van der Waals surface area contributed by atoms with Gasteiger partial charge in [0.2, 0.25) is 0 Å². The van der Waals surface area contributed by atoms with Crippen molar-refractivity contribution in [2.45, 2.75) is 31.3 Å². The van der Waals surface area contributed by atoms with Gasteiger partial charge < -0.3 is 15.2 Å². The maximum absolute atomic E-state index is 11.2. The number of piperidine rings is 1. The van der Waals surface area contributed by atoms with Gasteiger partial charge in [-0.3, -0.25) is 0 Å². The molecule has 0 bridgehead atoms. The number of carbonyl (C=O) groups is 1. The molecule has 1 heterocycles. The molecule has 0 unspecified atom stereocenters. The van der Waals surface area contributed by atoms with Crippen LogP contribution >= 0.6 is 12.4 Å². The fourth-order valence-electron chi connectivity index (χ4n) is 2.86. The molecule has 1 saturated carbocycles. The summed E-state index contributed by atoms with van der Waals surface area (Å²) in [5.41, 5.74) is -1.05. The smallest absolute Gasteiger partial charge is 0.337 e. The van der Waals surface area contributed by atoms with Gasteiger partial charge in [-0.1, -0.05) is 0 Å². The molecule has 2 fully saturated rings. The van der Waals surface area contributed by atoms with Crippen molar-refractivity contribution in [1.82, 2.24) is 5.32 Å². The van der Waals surface area contributed by atoms with Crippen LogP contribution in [0.5, 0.6) is 0 Å². The summed E-state index contributed by atoms with van der Waals surface area (Å²) in [6, 6.07) is 0. The number of methoxy groups -OCH3 is 1. The van der Waals surface area contributed by atoms with E-state index in [2.05, 4.69) is 10.1 Å². The highest BCUT2D eigenvalue weighted by molar-refractivity contribution is 5.85. The lowest BCUT2D eigenvalue weighted by atomic mass is 9.56. The Hall–Kier alpha value is -0.320. The number of carbonyl (C=O) groups excluding carboxylic acids is 1. The van der Waals surface area contributed by atoms with Gasteiger partial charge in [-0.2, -0.15) is 0 Å². The Morgan fingerprint density at radius 3 is 2.60 bits per heavy atom. The van der Waals surface area contributed by atoms with Crippen LogP contribution in [0.4, 0.5) is 0 Å². The van der Waals surface area contributed by atoms with Crippen molar-refractivity contribution >= 4 is 18.4 Å². The fourth-order valence-corrected chi connectivity index (χ4v) is 2.86. The fraction of sp³-hybridized carbons (Fsp3) is 0.900. The van der Waals surface area contributed by atoms with E-state index in [0.717, 1.165) is 25.9 Å². The molecule has 2 aliphatic rings. The first-order valence-electron chi connectivity index (χ1n) is 5.12. The first-order chi connectivity index (χ1) is 6.60. The predicted molar refractivity (Wildman–Crippen MR) is 58.0 cm³/mol. The van der Waals surface area contributed by atoms with Crippen LogP contribution in [-0.2, 0) is 9.53 Å². The third-order valence-electron chi connectivity index (χ3n) is 3.46. The quantitative estimate of drug-likeness (QED) is 0.649. The van der Waals surface area contributed by atoms with Crippen molar-refractivity contribution in [2.75, 3.05) is 20.2 Å². The van der Waals surface area contributed by atoms with Gasteiger partial charge in [0.05, 0.1) is 7.11 Å². The van der Waals surface area contributed by atoms with E-state index in [1.165, 1.54) is 7.11 Å². The largest absolute Gasteiger partial charge is 0.467 e. The SMILES string of the molecule is COC(=O)C1(O)CC2(CCCNC2)C1.Cl. The maximum atomic E-state index is 11.2. The molecule has 0 aromatic carbocycles. The number of hydrogen-bond donors (Lipinski definition) is 2. The van der Waals surface area contributed by atoms with Crippen LogP contribution in [0.3, 0.4) is 0 Å². The van der Waals surface area contributed by atoms with Crippen LogP contribution in [0.2, 0.25) is 0 Å². The Labute approximate surface area is 95.8 Å². The monoisotopic (exact) mass is 235 g/mol. The van der Waals surface area contributed by atoms with E-state index in [4.69, 9.17) is 0 Å². The molecule has 2 rings (SSSR count). The van der Waals surface area contributed by atoms with Crippen LogP contribution in [0, 0.1) is 5.41 Å². The topological polar surface area (TPSA) is 58.6 Å². The molecule has 1 saturated heterocycles. The summed E-state index contributed by atoms with van der Waals surface area (Å²) in [4.78, 5) is 11.2. The van der Waals surface area contributed by atoms with Gasteiger partial charge in [0, 0.05) is 6.54 Å². The van der Waals surface area contributed by atoms with Gasteiger partial charge in [-0.15, -0.1) is 12.4 Å². The first-order valence-corrected chi connectivity index (χ1v) is 5.12. The summed E-state index contributed by atoms with van der Waals surface area (Å²) in [6.45, 7) is 1.98. The lowest BCUT2D eigenvalue weighted by molar-refractivity contribution is -0.192. The average Bonchev–Trinajstić information content (AvgIpc) is 2.16. The van der Waals surface area contributed by atoms with E-state index in [9.17, 15) is 9.90 Å². The zero-order valence-corrected chi connectivity index (χ0v) is 9.73. The second-order valence-corrected chi connectivity index (χ2v) is 4.66. The second-order valence-electron chi connectivity index (χ2n) is 4.66. The molecule has 15 heavy (non-hydrogen) atoms. The van der Waals surface area contributed by atoms with Crippen LogP contribution in [0.25, 0.3) is 0 Å². The molecule has 5 heteroatoms. The molecule has 0 radical (unpaired) electrons. The molecule has 0 aromatic rings. The van der Waals surface area contributed by atoms with Crippen LogP contribution in [0.15, 0.2) is 0 Å². The summed E-state index contributed by atoms with van der Waals surface area (Å²) in [5.74, 6) is -0.478. The average molecular weight is 236 g/mol. The minimum absolute atomic E-state index is 0. The van der Waals surface area contributed by atoms with Gasteiger partial charge in [0.25, 0.3) is 0 Å². The van der Waals surface area contributed by atoms with Gasteiger partial charge in [-0.25, -0.2) is 4.79 Å². The molecule has 1 aliphatic carbocycles. The lowest BCUT2D eigenvalue weighted by Gasteiger charge is -2.53. The van der Waals surface area contributed by atoms with Crippen molar-refractivity contribution in [3.05, 3.63) is 0 Å². The standard InChI is InChI=1S/C10H17NO3.ClH/c1-14-8(12)10(13)5-9(6-10)3-2-4-11-7-9;/h11,13H,2-7H2,1H3;1H. The molecule has 0 aromatic heterocycles. The predicted octanol–water partition coefficient (Wildman–Crippen LogP) is 0.476. The van der Waals surface area contributed by atoms with Crippen LogP contribution in [0.1, 0.15) is 25.7 Å². The number of esters is 1. The minimum atomic E-state index is -1.20. The molecule has 0 amide bonds. The Balaban J connectivity index is 0.00000112. The molecular formula is C10H18ClNO3. The third kappa shape index (κ3) is 2.12. The number of nitrogens with one attached hydrogen (secondary N) is 1. The summed E-state index contributed by atoms with van der Waals surface area (Å²) in [7, 11) is 1.32. The lowest BCUT2D eigenvalue weighted by Crippen LogP contribution is -2.61. The molecular weight excluding hydrogens is 218 g/mol. The second kappa shape index (κ2) is 4.28. The molecule has 1 aliphatic heterocycles. The Morgan fingerprint density at radius 1 is 1.47 bits per heavy atom. The van der Waals surface area contributed by atoms with E-state index in [1.807, 2.05) is 0 Å². The Bertz CT molecular complexity index is 243. The van der Waals surface area contributed by atoms with Gasteiger partial charge in [0.1, 0.15) is 0 Å². The number of hydrogen-bond acceptors (Lipinski definition) is 4. The molecule has 0 atom stereocenters. The van der Waals surface area contributed by atoms with E-state index in [-0.39, 0.29) is 17.8 Å². The highest BCUT2D eigenvalue weighted by Gasteiger charge is 2.58. The van der Waals surface area contributed by atoms with Crippen molar-refractivity contribution in [2.24, 2.45) is 5.41 Å². The van der Waals surface area contributed by atoms with E-state index < -0.39 is 11.6 Å². The minimum Gasteiger partial charge on any atom is -0.467 e. The summed E-state index contributed by atoms with van der Waals surface area (Å²) < 4.78 is 4.58.